The highest BCUT2D eigenvalue weighted by molar-refractivity contribution is 7.95. The Balaban J connectivity index is 0.000000364. The summed E-state index contributed by atoms with van der Waals surface area (Å²) in [6.45, 7) is 1.04. The lowest BCUT2D eigenvalue weighted by atomic mass is 10.1. The maximum absolute atomic E-state index is 12.6. The minimum Gasteiger partial charge on any atom is -0.445 e. The van der Waals surface area contributed by atoms with Crippen molar-refractivity contribution >= 4 is 40.6 Å². The Morgan fingerprint density at radius 1 is 1.03 bits per heavy atom. The van der Waals surface area contributed by atoms with Gasteiger partial charge in [-0.2, -0.15) is 13.2 Å². The van der Waals surface area contributed by atoms with E-state index < -0.39 is 17.8 Å². The zero-order valence-corrected chi connectivity index (χ0v) is 21.4. The molecule has 0 saturated heterocycles. The number of amides is 2. The topological polar surface area (TPSA) is 132 Å². The van der Waals surface area contributed by atoms with Crippen LogP contribution >= 0.6 is 23.5 Å². The third-order valence-electron chi connectivity index (χ3n) is 4.75. The summed E-state index contributed by atoms with van der Waals surface area (Å²) in [5, 5.41) is 10.1. The van der Waals surface area contributed by atoms with Crippen molar-refractivity contribution in [2.24, 2.45) is 10.9 Å². The van der Waals surface area contributed by atoms with E-state index in [0.29, 0.717) is 22.8 Å². The highest BCUT2D eigenvalue weighted by Gasteiger charge is 2.30. The number of alkyl halides is 3. The first kappa shape index (κ1) is 30.1. The SMILES string of the molecule is NC(=O)OCc1ccccc1.NSNCCCCCC(=O)Nc1nc(-c2ccc(C(F)(F)F)cc2)cs1. The molecule has 2 amide bonds. The maximum Gasteiger partial charge on any atom is 0.416 e. The third-order valence-corrected chi connectivity index (χ3v) is 5.88. The zero-order valence-electron chi connectivity index (χ0n) is 19.8. The first-order valence-corrected chi connectivity index (χ1v) is 12.9. The van der Waals surface area contributed by atoms with E-state index in [1.165, 1.54) is 23.5 Å². The Bertz CT molecular complexity index is 1100. The molecule has 13 heteroatoms. The predicted octanol–water partition coefficient (Wildman–Crippen LogP) is 5.72. The average Bonchev–Trinajstić information content (AvgIpc) is 3.34. The molecule has 0 radical (unpaired) electrons. The van der Waals surface area contributed by atoms with Gasteiger partial charge in [-0.05, 0) is 30.5 Å². The van der Waals surface area contributed by atoms with Crippen LogP contribution in [0, 0.1) is 0 Å². The second-order valence-corrected chi connectivity index (χ2v) is 8.96. The molecular formula is C24H28F3N5O3S2. The van der Waals surface area contributed by atoms with E-state index in [2.05, 4.69) is 19.8 Å². The third kappa shape index (κ3) is 12.1. The Kier molecular flexibility index (Phi) is 12.9. The molecule has 0 aliphatic heterocycles. The van der Waals surface area contributed by atoms with E-state index in [4.69, 9.17) is 10.9 Å². The number of rotatable bonds is 11. The number of primary amides is 1. The second-order valence-electron chi connectivity index (χ2n) is 7.58. The first-order valence-electron chi connectivity index (χ1n) is 11.2. The van der Waals surface area contributed by atoms with Gasteiger partial charge in [0.2, 0.25) is 5.91 Å². The van der Waals surface area contributed by atoms with Gasteiger partial charge in [0.05, 0.1) is 11.3 Å². The Morgan fingerprint density at radius 3 is 2.35 bits per heavy atom. The van der Waals surface area contributed by atoms with Crippen molar-refractivity contribution in [2.75, 3.05) is 11.9 Å². The molecular weight excluding hydrogens is 527 g/mol. The Labute approximate surface area is 221 Å². The molecule has 0 saturated carbocycles. The fourth-order valence-corrected chi connectivity index (χ4v) is 3.92. The van der Waals surface area contributed by atoms with E-state index in [1.807, 2.05) is 30.3 Å². The molecule has 6 N–H and O–H groups in total. The van der Waals surface area contributed by atoms with Gasteiger partial charge in [-0.1, -0.05) is 48.9 Å². The van der Waals surface area contributed by atoms with Crippen LogP contribution in [-0.4, -0.2) is 23.5 Å². The number of halogens is 3. The van der Waals surface area contributed by atoms with Crippen LogP contribution in [0.3, 0.4) is 0 Å². The van der Waals surface area contributed by atoms with Crippen LogP contribution in [0.2, 0.25) is 0 Å². The van der Waals surface area contributed by atoms with Crippen LogP contribution in [0.25, 0.3) is 11.3 Å². The number of thiazole rings is 1. The lowest BCUT2D eigenvalue weighted by Gasteiger charge is -2.06. The molecule has 1 heterocycles. The highest BCUT2D eigenvalue weighted by atomic mass is 32.2. The van der Waals surface area contributed by atoms with Gasteiger partial charge in [0.1, 0.15) is 6.61 Å². The number of benzene rings is 2. The molecule has 200 valence electrons. The molecule has 37 heavy (non-hydrogen) atoms. The lowest BCUT2D eigenvalue weighted by molar-refractivity contribution is -0.137. The van der Waals surface area contributed by atoms with Gasteiger partial charge in [-0.3, -0.25) is 14.7 Å². The summed E-state index contributed by atoms with van der Waals surface area (Å²) in [4.78, 5) is 26.3. The van der Waals surface area contributed by atoms with Gasteiger partial charge in [0.15, 0.2) is 5.13 Å². The molecule has 0 spiro atoms. The zero-order chi connectivity index (χ0) is 27.1. The number of carbonyl (C=O) groups excluding carboxylic acids is 2. The van der Waals surface area contributed by atoms with Gasteiger partial charge in [-0.25, -0.2) is 9.78 Å². The number of anilines is 1. The van der Waals surface area contributed by atoms with Crippen molar-refractivity contribution in [2.45, 2.75) is 38.5 Å². The molecule has 0 atom stereocenters. The molecule has 8 nitrogen and oxygen atoms in total. The van der Waals surface area contributed by atoms with Crippen molar-refractivity contribution in [3.8, 4) is 11.3 Å². The summed E-state index contributed by atoms with van der Waals surface area (Å²) < 4.78 is 45.3. The standard InChI is InChI=1S/C16H19F3N4OS2.C8H9NO2/c17-16(18,19)12-7-5-11(6-8-12)13-10-25-15(22-13)23-14(24)4-2-1-3-9-21-26-20;9-8(10)11-6-7-4-2-1-3-5-7/h5-8,10,21H,1-4,9,20H2,(H,22,23,24);1-5H,6H2,(H2,9,10). The summed E-state index contributed by atoms with van der Waals surface area (Å²) in [6, 6.07) is 14.2. The normalized spacial score (nSPS) is 10.8. The van der Waals surface area contributed by atoms with Crippen LogP contribution < -0.4 is 20.9 Å². The number of nitrogens with zero attached hydrogens (tertiary/aromatic N) is 1. The number of nitrogens with one attached hydrogen (secondary N) is 2. The van der Waals surface area contributed by atoms with Crippen molar-refractivity contribution in [1.29, 1.82) is 0 Å². The number of ether oxygens (including phenoxy) is 1. The molecule has 2 aromatic carbocycles. The number of carbonyl (C=O) groups is 2. The molecule has 1 aromatic heterocycles. The van der Waals surface area contributed by atoms with Crippen LogP contribution in [0.15, 0.2) is 60.0 Å². The minimum atomic E-state index is -4.36. The van der Waals surface area contributed by atoms with Crippen molar-refractivity contribution in [3.05, 3.63) is 71.1 Å². The average molecular weight is 556 g/mol. The van der Waals surface area contributed by atoms with E-state index >= 15 is 0 Å². The summed E-state index contributed by atoms with van der Waals surface area (Å²) in [5.74, 6) is -0.125. The van der Waals surface area contributed by atoms with Gasteiger partial charge in [-0.15, -0.1) is 11.3 Å². The summed E-state index contributed by atoms with van der Waals surface area (Å²) in [5.41, 5.74) is 6.11. The molecule has 0 aliphatic carbocycles. The Hall–Kier alpha value is -3.13. The van der Waals surface area contributed by atoms with Crippen molar-refractivity contribution < 1.29 is 27.5 Å². The number of nitrogens with two attached hydrogens (primary N) is 2. The van der Waals surface area contributed by atoms with Gasteiger partial charge in [0.25, 0.3) is 0 Å². The molecule has 3 rings (SSSR count). The smallest absolute Gasteiger partial charge is 0.416 e. The van der Waals surface area contributed by atoms with E-state index in [-0.39, 0.29) is 12.5 Å². The number of hydrogen-bond acceptors (Lipinski definition) is 8. The number of aromatic nitrogens is 1. The summed E-state index contributed by atoms with van der Waals surface area (Å²) in [7, 11) is 0. The van der Waals surface area contributed by atoms with Gasteiger partial charge < -0.3 is 15.8 Å². The van der Waals surface area contributed by atoms with E-state index in [9.17, 15) is 22.8 Å². The summed E-state index contributed by atoms with van der Waals surface area (Å²) in [6.07, 6.45) is -2.10. The molecule has 0 fully saturated rings. The lowest BCUT2D eigenvalue weighted by Crippen LogP contribution is -2.12. The van der Waals surface area contributed by atoms with E-state index in [0.717, 1.165) is 55.6 Å². The van der Waals surface area contributed by atoms with Crippen molar-refractivity contribution in [3.63, 3.8) is 0 Å². The van der Waals surface area contributed by atoms with Gasteiger partial charge >= 0.3 is 12.3 Å². The fourth-order valence-electron chi connectivity index (χ4n) is 2.92. The Morgan fingerprint density at radius 2 is 1.73 bits per heavy atom. The summed E-state index contributed by atoms with van der Waals surface area (Å²) >= 11 is 2.32. The fraction of sp³-hybridized carbons (Fsp3) is 0.292. The van der Waals surface area contributed by atoms with E-state index in [1.54, 1.807) is 5.38 Å². The minimum absolute atomic E-state index is 0.125. The van der Waals surface area contributed by atoms with Gasteiger partial charge in [0, 0.05) is 36.0 Å². The monoisotopic (exact) mass is 555 g/mol. The van der Waals surface area contributed by atoms with Crippen molar-refractivity contribution in [1.82, 2.24) is 9.71 Å². The first-order chi connectivity index (χ1) is 17.7. The highest BCUT2D eigenvalue weighted by Crippen LogP contribution is 2.31. The molecule has 0 bridgehead atoms. The predicted molar refractivity (Wildman–Crippen MR) is 140 cm³/mol. The molecule has 0 aliphatic rings. The second kappa shape index (κ2) is 15.9. The largest absolute Gasteiger partial charge is 0.445 e. The van der Waals surface area contributed by atoms with Crippen LogP contribution in [0.4, 0.5) is 23.1 Å². The number of unbranched alkanes of at least 4 members (excludes halogenated alkanes) is 2. The molecule has 0 unspecified atom stereocenters. The van der Waals surface area contributed by atoms with Crippen LogP contribution in [-0.2, 0) is 22.3 Å². The quantitative estimate of drug-likeness (QED) is 0.176. The maximum atomic E-state index is 12.6. The number of hydrogen-bond donors (Lipinski definition) is 4. The van der Waals surface area contributed by atoms with Crippen LogP contribution in [0.5, 0.6) is 0 Å². The molecule has 3 aromatic rings. The van der Waals surface area contributed by atoms with Crippen LogP contribution in [0.1, 0.15) is 36.8 Å².